The minimum absolute atomic E-state index is 0.749. The largest absolute Gasteiger partial charge is 0.316 e. The summed E-state index contributed by atoms with van der Waals surface area (Å²) in [6.45, 7) is 4.99. The Labute approximate surface area is 88.1 Å². The van der Waals surface area contributed by atoms with Crippen LogP contribution in [0.2, 0.25) is 0 Å². The maximum atomic E-state index is 3.39. The molecule has 2 atom stereocenters. The summed E-state index contributed by atoms with van der Waals surface area (Å²) in [5.74, 6) is 1.05. The zero-order chi connectivity index (χ0) is 9.97. The van der Waals surface area contributed by atoms with Crippen LogP contribution in [0.4, 0.5) is 0 Å². The van der Waals surface area contributed by atoms with E-state index in [1.165, 1.54) is 45.2 Å². The van der Waals surface area contributed by atoms with Gasteiger partial charge < -0.3 is 5.32 Å². The molecule has 2 nitrogen and oxygen atoms in total. The van der Waals surface area contributed by atoms with Gasteiger partial charge in [0.1, 0.15) is 0 Å². The maximum Gasteiger partial charge on any atom is 0.0204 e. The third kappa shape index (κ3) is 2.29. The van der Waals surface area contributed by atoms with Crippen LogP contribution in [-0.2, 0) is 0 Å². The molecule has 1 N–H and O–H groups in total. The first-order valence-corrected chi connectivity index (χ1v) is 6.21. The molecule has 2 unspecified atom stereocenters. The normalized spacial score (nSPS) is 31.7. The summed E-state index contributed by atoms with van der Waals surface area (Å²) >= 11 is 0. The molecule has 1 saturated heterocycles. The lowest BCUT2D eigenvalue weighted by Gasteiger charge is -2.32. The molecule has 1 aliphatic heterocycles. The number of nitrogens with one attached hydrogen (secondary N) is 1. The van der Waals surface area contributed by atoms with Crippen molar-refractivity contribution in [1.82, 2.24) is 10.2 Å². The molecule has 0 aromatic heterocycles. The Bertz CT molecular complexity index is 177. The van der Waals surface area contributed by atoms with E-state index in [1.807, 2.05) is 0 Å². The third-order valence-corrected chi connectivity index (χ3v) is 4.15. The zero-order valence-electron chi connectivity index (χ0n) is 9.63. The van der Waals surface area contributed by atoms with Crippen LogP contribution >= 0.6 is 0 Å². The number of likely N-dealkylation sites (tertiary alicyclic amines) is 1. The van der Waals surface area contributed by atoms with Crippen LogP contribution < -0.4 is 5.32 Å². The molecule has 2 heteroatoms. The van der Waals surface area contributed by atoms with E-state index < -0.39 is 0 Å². The maximum absolute atomic E-state index is 3.39. The predicted octanol–water partition coefficient (Wildman–Crippen LogP) is 1.86. The number of rotatable bonds is 4. The average Bonchev–Trinajstić information content (AvgIpc) is 2.59. The second-order valence-corrected chi connectivity index (χ2v) is 5.15. The van der Waals surface area contributed by atoms with E-state index in [0.717, 1.165) is 18.0 Å². The van der Waals surface area contributed by atoms with Crippen molar-refractivity contribution in [1.29, 1.82) is 0 Å². The Kier molecular flexibility index (Phi) is 3.45. The topological polar surface area (TPSA) is 15.3 Å². The molecule has 2 rings (SSSR count). The van der Waals surface area contributed by atoms with E-state index in [2.05, 4.69) is 24.2 Å². The molecule has 1 heterocycles. The van der Waals surface area contributed by atoms with Gasteiger partial charge in [-0.05, 0) is 32.7 Å². The Morgan fingerprint density at radius 1 is 1.36 bits per heavy atom. The Morgan fingerprint density at radius 2 is 2.14 bits per heavy atom. The van der Waals surface area contributed by atoms with Crippen LogP contribution in [-0.4, -0.2) is 37.1 Å². The second-order valence-electron chi connectivity index (χ2n) is 5.15. The quantitative estimate of drug-likeness (QED) is 0.738. The first kappa shape index (κ1) is 10.4. The van der Waals surface area contributed by atoms with Crippen molar-refractivity contribution in [2.45, 2.75) is 51.1 Å². The monoisotopic (exact) mass is 196 g/mol. The summed E-state index contributed by atoms with van der Waals surface area (Å²) in [5, 5.41) is 3.39. The van der Waals surface area contributed by atoms with Gasteiger partial charge in [0.05, 0.1) is 0 Å². The highest BCUT2D eigenvalue weighted by atomic mass is 15.2. The van der Waals surface area contributed by atoms with Crippen molar-refractivity contribution >= 4 is 0 Å². The minimum Gasteiger partial charge on any atom is -0.316 e. The van der Waals surface area contributed by atoms with Crippen molar-refractivity contribution in [2.75, 3.05) is 20.1 Å². The summed E-state index contributed by atoms with van der Waals surface area (Å²) in [5.41, 5.74) is 0. The summed E-state index contributed by atoms with van der Waals surface area (Å²) in [6.07, 6.45) is 7.25. The number of likely N-dealkylation sites (N-methyl/N-ethyl adjacent to an activating group) is 1. The van der Waals surface area contributed by atoms with Crippen molar-refractivity contribution in [3.05, 3.63) is 0 Å². The molecule has 0 aromatic carbocycles. The van der Waals surface area contributed by atoms with E-state index in [1.54, 1.807) is 0 Å². The summed E-state index contributed by atoms with van der Waals surface area (Å²) in [7, 11) is 2.09. The lowest BCUT2D eigenvalue weighted by Crippen LogP contribution is -2.36. The molecule has 0 spiro atoms. The molecule has 14 heavy (non-hydrogen) atoms. The second kappa shape index (κ2) is 4.63. The van der Waals surface area contributed by atoms with Crippen molar-refractivity contribution in [3.63, 3.8) is 0 Å². The SMILES string of the molecule is CNC1CCN(C(C)CC2CCC2)C1. The fourth-order valence-corrected chi connectivity index (χ4v) is 2.78. The highest BCUT2D eigenvalue weighted by Crippen LogP contribution is 2.32. The Hall–Kier alpha value is -0.0800. The molecule has 0 amide bonds. The summed E-state index contributed by atoms with van der Waals surface area (Å²) in [4.78, 5) is 2.67. The van der Waals surface area contributed by atoms with Crippen LogP contribution in [0.3, 0.4) is 0 Å². The molecule has 2 aliphatic rings. The van der Waals surface area contributed by atoms with Gasteiger partial charge in [0.15, 0.2) is 0 Å². The Morgan fingerprint density at radius 3 is 2.64 bits per heavy atom. The first-order valence-electron chi connectivity index (χ1n) is 6.21. The van der Waals surface area contributed by atoms with Crippen molar-refractivity contribution in [3.8, 4) is 0 Å². The summed E-state index contributed by atoms with van der Waals surface area (Å²) in [6, 6.07) is 1.57. The number of hydrogen-bond acceptors (Lipinski definition) is 2. The zero-order valence-corrected chi connectivity index (χ0v) is 9.63. The highest BCUT2D eigenvalue weighted by Gasteiger charge is 2.28. The lowest BCUT2D eigenvalue weighted by molar-refractivity contribution is 0.178. The molecule has 82 valence electrons. The molecular weight excluding hydrogens is 172 g/mol. The number of nitrogens with zero attached hydrogens (tertiary/aromatic N) is 1. The first-order chi connectivity index (χ1) is 6.79. The third-order valence-electron chi connectivity index (χ3n) is 4.15. The van der Waals surface area contributed by atoms with Crippen molar-refractivity contribution < 1.29 is 0 Å². The molecule has 2 fully saturated rings. The molecular formula is C12H24N2. The van der Waals surface area contributed by atoms with Crippen LogP contribution in [0.1, 0.15) is 39.0 Å². The van der Waals surface area contributed by atoms with E-state index in [4.69, 9.17) is 0 Å². The standard InChI is InChI=1S/C12H24N2/c1-10(8-11-4-3-5-11)14-7-6-12(9-14)13-2/h10-13H,3-9H2,1-2H3. The molecule has 1 saturated carbocycles. The highest BCUT2D eigenvalue weighted by molar-refractivity contribution is 4.85. The van der Waals surface area contributed by atoms with Gasteiger partial charge in [-0.15, -0.1) is 0 Å². The van der Waals surface area contributed by atoms with Crippen LogP contribution in [0.15, 0.2) is 0 Å². The lowest BCUT2D eigenvalue weighted by atomic mass is 9.81. The van der Waals surface area contributed by atoms with Gasteiger partial charge in [0.25, 0.3) is 0 Å². The molecule has 1 aliphatic carbocycles. The number of hydrogen-bond donors (Lipinski definition) is 1. The molecule has 0 bridgehead atoms. The van der Waals surface area contributed by atoms with Crippen LogP contribution in [0.5, 0.6) is 0 Å². The van der Waals surface area contributed by atoms with Gasteiger partial charge in [0, 0.05) is 25.2 Å². The van der Waals surface area contributed by atoms with Gasteiger partial charge >= 0.3 is 0 Å². The fourth-order valence-electron chi connectivity index (χ4n) is 2.78. The molecule has 0 radical (unpaired) electrons. The van der Waals surface area contributed by atoms with Gasteiger partial charge in [-0.2, -0.15) is 0 Å². The van der Waals surface area contributed by atoms with Gasteiger partial charge in [-0.25, -0.2) is 0 Å². The Balaban J connectivity index is 1.71. The minimum atomic E-state index is 0.749. The van der Waals surface area contributed by atoms with E-state index in [9.17, 15) is 0 Å². The van der Waals surface area contributed by atoms with Gasteiger partial charge in [0.2, 0.25) is 0 Å². The van der Waals surface area contributed by atoms with Crippen LogP contribution in [0.25, 0.3) is 0 Å². The fraction of sp³-hybridized carbons (Fsp3) is 1.00. The average molecular weight is 196 g/mol. The van der Waals surface area contributed by atoms with Crippen molar-refractivity contribution in [2.24, 2.45) is 5.92 Å². The van der Waals surface area contributed by atoms with E-state index in [0.29, 0.717) is 0 Å². The van der Waals surface area contributed by atoms with E-state index in [-0.39, 0.29) is 0 Å². The van der Waals surface area contributed by atoms with Crippen LogP contribution in [0, 0.1) is 5.92 Å². The van der Waals surface area contributed by atoms with E-state index >= 15 is 0 Å². The van der Waals surface area contributed by atoms with Gasteiger partial charge in [-0.3, -0.25) is 4.90 Å². The smallest absolute Gasteiger partial charge is 0.0204 e. The summed E-state index contributed by atoms with van der Waals surface area (Å²) < 4.78 is 0. The molecule has 0 aromatic rings. The van der Waals surface area contributed by atoms with Gasteiger partial charge in [-0.1, -0.05) is 19.3 Å². The predicted molar refractivity (Wildman–Crippen MR) is 60.5 cm³/mol.